The summed E-state index contributed by atoms with van der Waals surface area (Å²) in [7, 11) is 1.54. The monoisotopic (exact) mass is 500 g/mol. The van der Waals surface area contributed by atoms with Gasteiger partial charge >= 0.3 is 0 Å². The number of anilines is 1. The zero-order valence-electron chi connectivity index (χ0n) is 17.8. The SMILES string of the molecule is COc1ccc(/C=C(\C#N)C(=O)Nc2cc(Cl)ccc2C)c(OCc2ccc(Cl)c(Cl)c2)c1. The maximum atomic E-state index is 12.8. The van der Waals surface area contributed by atoms with Crippen molar-refractivity contribution >= 4 is 52.5 Å². The second-order valence-electron chi connectivity index (χ2n) is 7.02. The molecule has 3 aromatic carbocycles. The fourth-order valence-corrected chi connectivity index (χ4v) is 3.39. The third-order valence-corrected chi connectivity index (χ3v) is 5.69. The first-order valence-electron chi connectivity index (χ1n) is 9.74. The summed E-state index contributed by atoms with van der Waals surface area (Å²) in [5, 5.41) is 13.7. The van der Waals surface area contributed by atoms with Gasteiger partial charge in [0.1, 0.15) is 29.7 Å². The average Bonchev–Trinajstić information content (AvgIpc) is 2.80. The Bertz CT molecular complexity index is 1270. The normalized spacial score (nSPS) is 11.0. The van der Waals surface area contributed by atoms with Crippen molar-refractivity contribution in [2.24, 2.45) is 0 Å². The van der Waals surface area contributed by atoms with Crippen LogP contribution in [0.25, 0.3) is 6.08 Å². The minimum atomic E-state index is -0.561. The Labute approximate surface area is 207 Å². The molecule has 0 radical (unpaired) electrons. The van der Waals surface area contributed by atoms with Crippen molar-refractivity contribution in [3.63, 3.8) is 0 Å². The molecule has 0 saturated carbocycles. The Kier molecular flexibility index (Phi) is 8.24. The van der Waals surface area contributed by atoms with Crippen molar-refractivity contribution in [3.05, 3.63) is 91.9 Å². The number of rotatable bonds is 7. The summed E-state index contributed by atoms with van der Waals surface area (Å²) in [6.07, 6.45) is 1.46. The smallest absolute Gasteiger partial charge is 0.266 e. The molecule has 0 atom stereocenters. The molecular formula is C25H19Cl3N2O3. The van der Waals surface area contributed by atoms with Gasteiger partial charge in [-0.1, -0.05) is 46.9 Å². The third kappa shape index (κ3) is 6.43. The molecule has 168 valence electrons. The van der Waals surface area contributed by atoms with Gasteiger partial charge in [-0.25, -0.2) is 0 Å². The number of hydrogen-bond donors (Lipinski definition) is 1. The number of methoxy groups -OCH3 is 1. The quantitative estimate of drug-likeness (QED) is 0.277. The van der Waals surface area contributed by atoms with Gasteiger partial charge in [-0.3, -0.25) is 4.79 Å². The summed E-state index contributed by atoms with van der Waals surface area (Å²) in [5.41, 5.74) is 2.58. The summed E-state index contributed by atoms with van der Waals surface area (Å²) in [5.74, 6) is 0.433. The number of benzene rings is 3. The van der Waals surface area contributed by atoms with E-state index in [-0.39, 0.29) is 12.2 Å². The van der Waals surface area contributed by atoms with E-state index >= 15 is 0 Å². The molecule has 0 saturated heterocycles. The molecule has 0 heterocycles. The van der Waals surface area contributed by atoms with E-state index in [1.807, 2.05) is 13.0 Å². The number of carbonyl (C=O) groups is 1. The molecule has 0 aromatic heterocycles. The van der Waals surface area contributed by atoms with E-state index in [9.17, 15) is 10.1 Å². The maximum absolute atomic E-state index is 12.8. The minimum absolute atomic E-state index is 0.0982. The molecule has 3 aromatic rings. The van der Waals surface area contributed by atoms with Crippen molar-refractivity contribution in [1.29, 1.82) is 5.26 Å². The van der Waals surface area contributed by atoms with Crippen LogP contribution in [0, 0.1) is 18.3 Å². The van der Waals surface area contributed by atoms with Crippen LogP contribution in [-0.4, -0.2) is 13.0 Å². The molecule has 1 amide bonds. The van der Waals surface area contributed by atoms with Crippen LogP contribution >= 0.6 is 34.8 Å². The Hall–Kier alpha value is -3.17. The first-order valence-corrected chi connectivity index (χ1v) is 10.9. The Balaban J connectivity index is 1.88. The first kappa shape index (κ1) is 24.5. The van der Waals surface area contributed by atoms with Gasteiger partial charge in [0.2, 0.25) is 0 Å². The predicted octanol–water partition coefficient (Wildman–Crippen LogP) is 7.09. The highest BCUT2D eigenvalue weighted by Crippen LogP contribution is 2.29. The molecule has 0 aliphatic rings. The highest BCUT2D eigenvalue weighted by molar-refractivity contribution is 6.42. The van der Waals surface area contributed by atoms with Gasteiger partial charge in [0.25, 0.3) is 5.91 Å². The molecule has 0 fully saturated rings. The molecule has 0 spiro atoms. The van der Waals surface area contributed by atoms with Gasteiger partial charge in [-0.15, -0.1) is 0 Å². The predicted molar refractivity (Wildman–Crippen MR) is 132 cm³/mol. The topological polar surface area (TPSA) is 71.3 Å². The summed E-state index contributed by atoms with van der Waals surface area (Å²) >= 11 is 18.1. The zero-order valence-corrected chi connectivity index (χ0v) is 20.1. The lowest BCUT2D eigenvalue weighted by Gasteiger charge is -2.12. The van der Waals surface area contributed by atoms with E-state index in [0.717, 1.165) is 11.1 Å². The van der Waals surface area contributed by atoms with E-state index in [1.165, 1.54) is 13.2 Å². The van der Waals surface area contributed by atoms with Crippen LogP contribution in [0.15, 0.2) is 60.2 Å². The van der Waals surface area contributed by atoms with E-state index in [1.54, 1.807) is 54.6 Å². The van der Waals surface area contributed by atoms with Gasteiger partial charge in [0, 0.05) is 22.3 Å². The van der Waals surface area contributed by atoms with Crippen molar-refractivity contribution in [2.45, 2.75) is 13.5 Å². The standard InChI is InChI=1S/C25H19Cl3N2O3/c1-15-3-6-19(26)11-23(15)30-25(31)18(13-29)10-17-5-7-20(32-2)12-24(17)33-14-16-4-8-21(27)22(28)9-16/h3-12H,14H2,1-2H3,(H,30,31)/b18-10+. The van der Waals surface area contributed by atoms with E-state index in [0.29, 0.717) is 37.8 Å². The van der Waals surface area contributed by atoms with Gasteiger partial charge in [-0.05, 0) is 60.5 Å². The number of aryl methyl sites for hydroxylation is 1. The van der Waals surface area contributed by atoms with Gasteiger partial charge in [0.15, 0.2) is 0 Å². The van der Waals surface area contributed by atoms with Crippen LogP contribution in [-0.2, 0) is 11.4 Å². The molecule has 0 aliphatic carbocycles. The number of nitrogens with one attached hydrogen (secondary N) is 1. The van der Waals surface area contributed by atoms with E-state index in [4.69, 9.17) is 44.3 Å². The largest absolute Gasteiger partial charge is 0.497 e. The second kappa shape index (κ2) is 11.1. The summed E-state index contributed by atoms with van der Waals surface area (Å²) < 4.78 is 11.2. The average molecular weight is 502 g/mol. The Morgan fingerprint density at radius 2 is 1.85 bits per heavy atom. The van der Waals surface area contributed by atoms with Crippen LogP contribution < -0.4 is 14.8 Å². The van der Waals surface area contributed by atoms with Crippen molar-refractivity contribution < 1.29 is 14.3 Å². The number of halogens is 3. The van der Waals surface area contributed by atoms with Crippen molar-refractivity contribution in [2.75, 3.05) is 12.4 Å². The van der Waals surface area contributed by atoms with Crippen LogP contribution in [0.5, 0.6) is 11.5 Å². The van der Waals surface area contributed by atoms with Crippen LogP contribution in [0.4, 0.5) is 5.69 Å². The minimum Gasteiger partial charge on any atom is -0.497 e. The summed E-state index contributed by atoms with van der Waals surface area (Å²) in [6.45, 7) is 2.03. The number of ether oxygens (including phenoxy) is 2. The van der Waals surface area contributed by atoms with E-state index in [2.05, 4.69) is 5.32 Å². The van der Waals surface area contributed by atoms with Gasteiger partial charge in [0.05, 0.1) is 17.2 Å². The van der Waals surface area contributed by atoms with Crippen molar-refractivity contribution in [1.82, 2.24) is 0 Å². The molecule has 3 rings (SSSR count). The molecule has 0 aliphatic heterocycles. The lowest BCUT2D eigenvalue weighted by Crippen LogP contribution is -2.14. The lowest BCUT2D eigenvalue weighted by atomic mass is 10.1. The Morgan fingerprint density at radius 3 is 2.55 bits per heavy atom. The second-order valence-corrected chi connectivity index (χ2v) is 8.27. The van der Waals surface area contributed by atoms with E-state index < -0.39 is 5.91 Å². The maximum Gasteiger partial charge on any atom is 0.266 e. The number of hydrogen-bond acceptors (Lipinski definition) is 4. The molecule has 8 heteroatoms. The summed E-state index contributed by atoms with van der Waals surface area (Å²) in [4.78, 5) is 12.8. The molecule has 0 bridgehead atoms. The number of nitriles is 1. The highest BCUT2D eigenvalue weighted by Gasteiger charge is 2.14. The highest BCUT2D eigenvalue weighted by atomic mass is 35.5. The molecule has 5 nitrogen and oxygen atoms in total. The number of amides is 1. The van der Waals surface area contributed by atoms with Crippen LogP contribution in [0.3, 0.4) is 0 Å². The molecule has 0 unspecified atom stereocenters. The summed E-state index contributed by atoms with van der Waals surface area (Å²) in [6, 6.07) is 17.4. The first-order chi connectivity index (χ1) is 15.8. The number of carbonyl (C=O) groups excluding carboxylic acids is 1. The van der Waals surface area contributed by atoms with Crippen LogP contribution in [0.2, 0.25) is 15.1 Å². The fourth-order valence-electron chi connectivity index (χ4n) is 2.90. The van der Waals surface area contributed by atoms with Crippen LogP contribution in [0.1, 0.15) is 16.7 Å². The van der Waals surface area contributed by atoms with Crippen molar-refractivity contribution in [3.8, 4) is 17.6 Å². The third-order valence-electron chi connectivity index (χ3n) is 4.71. The molecule has 1 N–H and O–H groups in total. The molecular weight excluding hydrogens is 483 g/mol. The molecule has 33 heavy (non-hydrogen) atoms. The van der Waals surface area contributed by atoms with Gasteiger partial charge in [-0.2, -0.15) is 5.26 Å². The Morgan fingerprint density at radius 1 is 1.06 bits per heavy atom. The fraction of sp³-hybridized carbons (Fsp3) is 0.120. The number of nitrogens with zero attached hydrogens (tertiary/aromatic N) is 1. The zero-order chi connectivity index (χ0) is 24.0. The van der Waals surface area contributed by atoms with Gasteiger partial charge < -0.3 is 14.8 Å². The lowest BCUT2D eigenvalue weighted by molar-refractivity contribution is -0.112.